The lowest BCUT2D eigenvalue weighted by molar-refractivity contribution is 0.0689. The van der Waals surface area contributed by atoms with Crippen molar-refractivity contribution in [3.8, 4) is 11.6 Å². The summed E-state index contributed by atoms with van der Waals surface area (Å²) < 4.78 is 5.63. The zero-order valence-electron chi connectivity index (χ0n) is 10.4. The van der Waals surface area contributed by atoms with Crippen molar-refractivity contribution in [2.75, 3.05) is 0 Å². The molecule has 1 N–H and O–H groups in total. The van der Waals surface area contributed by atoms with Crippen molar-refractivity contribution in [3.05, 3.63) is 59.8 Å². The first-order chi connectivity index (χ1) is 9.20. The van der Waals surface area contributed by atoms with Crippen molar-refractivity contribution in [2.45, 2.75) is 6.92 Å². The van der Waals surface area contributed by atoms with Crippen molar-refractivity contribution in [1.29, 1.82) is 0 Å². The average molecular weight is 255 g/mol. The number of rotatable bonds is 4. The maximum atomic E-state index is 10.8. The molecule has 1 heterocycles. The molecule has 0 saturated heterocycles. The third kappa shape index (κ3) is 3.19. The minimum Gasteiger partial charge on any atom is -0.477 e. The topological polar surface area (TPSA) is 59.4 Å². The van der Waals surface area contributed by atoms with E-state index < -0.39 is 5.97 Å². The molecule has 0 aliphatic heterocycles. The monoisotopic (exact) mass is 255 g/mol. The smallest absolute Gasteiger partial charge is 0.354 e. The molecule has 96 valence electrons. The van der Waals surface area contributed by atoms with Gasteiger partial charge in [-0.2, -0.15) is 0 Å². The number of hydrogen-bond donors (Lipinski definition) is 1. The lowest BCUT2D eigenvalue weighted by Crippen LogP contribution is -2.01. The minimum atomic E-state index is -1.08. The number of carbonyl (C=O) groups is 1. The second-order valence-electron chi connectivity index (χ2n) is 3.81. The van der Waals surface area contributed by atoms with E-state index in [0.29, 0.717) is 5.75 Å². The average Bonchev–Trinajstić information content (AvgIpc) is 2.41. The summed E-state index contributed by atoms with van der Waals surface area (Å²) in [7, 11) is 0. The molecule has 0 spiro atoms. The van der Waals surface area contributed by atoms with Gasteiger partial charge in [0.1, 0.15) is 5.75 Å². The zero-order chi connectivity index (χ0) is 13.7. The molecule has 0 bridgehead atoms. The number of aromatic nitrogens is 1. The van der Waals surface area contributed by atoms with Gasteiger partial charge in [-0.25, -0.2) is 9.78 Å². The minimum absolute atomic E-state index is 0.0407. The molecule has 4 heteroatoms. The van der Waals surface area contributed by atoms with Crippen LogP contribution in [0.4, 0.5) is 0 Å². The van der Waals surface area contributed by atoms with Crippen molar-refractivity contribution in [1.82, 2.24) is 4.98 Å². The molecule has 0 unspecified atom stereocenters. The van der Waals surface area contributed by atoms with Crippen LogP contribution in [0.15, 0.2) is 48.5 Å². The summed E-state index contributed by atoms with van der Waals surface area (Å²) in [4.78, 5) is 14.8. The number of nitrogens with zero attached hydrogens (tertiary/aromatic N) is 1. The number of carboxylic acids is 1. The molecule has 0 fully saturated rings. The predicted octanol–water partition coefficient (Wildman–Crippen LogP) is 3.61. The second-order valence-corrected chi connectivity index (χ2v) is 3.81. The Morgan fingerprint density at radius 2 is 2.00 bits per heavy atom. The fourth-order valence-electron chi connectivity index (χ4n) is 1.59. The van der Waals surface area contributed by atoms with E-state index in [4.69, 9.17) is 9.84 Å². The summed E-state index contributed by atoms with van der Waals surface area (Å²) in [5, 5.41) is 8.88. The van der Waals surface area contributed by atoms with Gasteiger partial charge in [0.2, 0.25) is 5.88 Å². The number of allylic oxidation sites excluding steroid dienone is 1. The van der Waals surface area contributed by atoms with Crippen LogP contribution < -0.4 is 4.74 Å². The number of aromatic carboxylic acids is 1. The normalized spacial score (nSPS) is 10.6. The lowest BCUT2D eigenvalue weighted by atomic mass is 10.2. The molecule has 2 aromatic rings. The Balaban J connectivity index is 2.31. The van der Waals surface area contributed by atoms with Crippen molar-refractivity contribution < 1.29 is 14.6 Å². The maximum Gasteiger partial charge on any atom is 0.354 e. The van der Waals surface area contributed by atoms with Crippen LogP contribution in [0.3, 0.4) is 0 Å². The van der Waals surface area contributed by atoms with E-state index in [0.717, 1.165) is 5.56 Å². The SMILES string of the molecule is CC=Cc1ccccc1Oc1cccc(C(=O)O)n1. The highest BCUT2D eigenvalue weighted by Gasteiger charge is 2.07. The molecule has 0 aliphatic rings. The first-order valence-corrected chi connectivity index (χ1v) is 5.80. The van der Waals surface area contributed by atoms with E-state index in [1.165, 1.54) is 6.07 Å². The number of carboxylic acid groups (broad SMARTS) is 1. The van der Waals surface area contributed by atoms with Crippen LogP contribution in [0, 0.1) is 0 Å². The van der Waals surface area contributed by atoms with Gasteiger partial charge in [0.05, 0.1) is 0 Å². The van der Waals surface area contributed by atoms with E-state index in [-0.39, 0.29) is 11.6 Å². The van der Waals surface area contributed by atoms with E-state index >= 15 is 0 Å². The first kappa shape index (κ1) is 12.8. The molecule has 0 amide bonds. The van der Waals surface area contributed by atoms with Gasteiger partial charge in [-0.05, 0) is 19.1 Å². The first-order valence-electron chi connectivity index (χ1n) is 5.80. The lowest BCUT2D eigenvalue weighted by Gasteiger charge is -2.08. The van der Waals surface area contributed by atoms with Crippen molar-refractivity contribution in [3.63, 3.8) is 0 Å². The number of pyridine rings is 1. The highest BCUT2D eigenvalue weighted by Crippen LogP contribution is 2.25. The van der Waals surface area contributed by atoms with Crippen LogP contribution in [0.2, 0.25) is 0 Å². The Bertz CT molecular complexity index is 620. The molecule has 4 nitrogen and oxygen atoms in total. The quantitative estimate of drug-likeness (QED) is 0.906. The molecule has 0 aliphatic carbocycles. The number of para-hydroxylation sites is 1. The zero-order valence-corrected chi connectivity index (χ0v) is 10.4. The van der Waals surface area contributed by atoms with Gasteiger partial charge < -0.3 is 9.84 Å². The summed E-state index contributed by atoms with van der Waals surface area (Å²) in [5.41, 5.74) is 0.869. The standard InChI is InChI=1S/C15H13NO3/c1-2-6-11-7-3-4-9-13(11)19-14-10-5-8-12(16-14)15(17)18/h2-10H,1H3,(H,17,18). The maximum absolute atomic E-state index is 10.8. The molecule has 1 aromatic heterocycles. The Kier molecular flexibility index (Phi) is 3.93. The fourth-order valence-corrected chi connectivity index (χ4v) is 1.59. The highest BCUT2D eigenvalue weighted by atomic mass is 16.5. The van der Waals surface area contributed by atoms with Crippen molar-refractivity contribution >= 4 is 12.0 Å². The van der Waals surface area contributed by atoms with Gasteiger partial charge in [0.15, 0.2) is 5.69 Å². The number of ether oxygens (including phenoxy) is 1. The Hall–Kier alpha value is -2.62. The molecule has 2 rings (SSSR count). The van der Waals surface area contributed by atoms with Crippen LogP contribution in [-0.2, 0) is 0 Å². The van der Waals surface area contributed by atoms with Crippen LogP contribution in [0.25, 0.3) is 6.08 Å². The third-order valence-electron chi connectivity index (χ3n) is 2.42. The molecule has 1 aromatic carbocycles. The predicted molar refractivity (Wildman–Crippen MR) is 72.4 cm³/mol. The molecule has 0 radical (unpaired) electrons. The van der Waals surface area contributed by atoms with Gasteiger partial charge >= 0.3 is 5.97 Å². The molecular weight excluding hydrogens is 242 g/mol. The molecule has 19 heavy (non-hydrogen) atoms. The largest absolute Gasteiger partial charge is 0.477 e. The Morgan fingerprint density at radius 1 is 1.21 bits per heavy atom. The molecular formula is C15H13NO3. The molecule has 0 saturated carbocycles. The van der Waals surface area contributed by atoms with Crippen LogP contribution >= 0.6 is 0 Å². The van der Waals surface area contributed by atoms with Crippen molar-refractivity contribution in [2.24, 2.45) is 0 Å². The van der Waals surface area contributed by atoms with Crippen LogP contribution in [0.5, 0.6) is 11.6 Å². The Morgan fingerprint density at radius 3 is 2.74 bits per heavy atom. The number of benzene rings is 1. The van der Waals surface area contributed by atoms with E-state index in [2.05, 4.69) is 4.98 Å². The summed E-state index contributed by atoms with van der Waals surface area (Å²) >= 11 is 0. The van der Waals surface area contributed by atoms with Gasteiger partial charge in [-0.15, -0.1) is 0 Å². The third-order valence-corrected chi connectivity index (χ3v) is 2.42. The van der Waals surface area contributed by atoms with Gasteiger partial charge in [0, 0.05) is 11.6 Å². The summed E-state index contributed by atoms with van der Waals surface area (Å²) in [6.45, 7) is 1.92. The number of hydrogen-bond acceptors (Lipinski definition) is 3. The van der Waals surface area contributed by atoms with E-state index in [9.17, 15) is 4.79 Å². The van der Waals surface area contributed by atoms with Gasteiger partial charge in [-0.1, -0.05) is 36.4 Å². The summed E-state index contributed by atoms with van der Waals surface area (Å²) in [5.74, 6) is -0.181. The van der Waals surface area contributed by atoms with E-state index in [1.54, 1.807) is 12.1 Å². The summed E-state index contributed by atoms with van der Waals surface area (Å²) in [6.07, 6.45) is 3.82. The highest BCUT2D eigenvalue weighted by molar-refractivity contribution is 5.85. The van der Waals surface area contributed by atoms with Crippen LogP contribution in [-0.4, -0.2) is 16.1 Å². The Labute approximate surface area is 111 Å². The second kappa shape index (κ2) is 5.82. The van der Waals surface area contributed by atoms with E-state index in [1.807, 2.05) is 43.3 Å². The molecule has 0 atom stereocenters. The fraction of sp³-hybridized carbons (Fsp3) is 0.0667. The van der Waals surface area contributed by atoms with Gasteiger partial charge in [-0.3, -0.25) is 0 Å². The summed E-state index contributed by atoms with van der Waals surface area (Å²) in [6, 6.07) is 12.1. The van der Waals surface area contributed by atoms with Crippen LogP contribution in [0.1, 0.15) is 23.0 Å². The van der Waals surface area contributed by atoms with Gasteiger partial charge in [0.25, 0.3) is 0 Å².